The van der Waals surface area contributed by atoms with Crippen LogP contribution in [0.15, 0.2) is 36.5 Å². The molecule has 2 aromatic rings. The number of ether oxygens (including phenoxy) is 2. The number of hydrogen-bond acceptors (Lipinski definition) is 6. The van der Waals surface area contributed by atoms with E-state index >= 15 is 0 Å². The summed E-state index contributed by atoms with van der Waals surface area (Å²) in [7, 11) is 0. The number of rotatable bonds is 8. The molecule has 6 nitrogen and oxygen atoms in total. The van der Waals surface area contributed by atoms with Crippen molar-refractivity contribution in [1.29, 1.82) is 0 Å². The largest absolute Gasteiger partial charge is 0.492 e. The van der Waals surface area contributed by atoms with E-state index in [-0.39, 0.29) is 0 Å². The van der Waals surface area contributed by atoms with Gasteiger partial charge in [-0.15, -0.1) is 0 Å². The molecule has 0 saturated carbocycles. The lowest BCUT2D eigenvalue weighted by molar-refractivity contribution is 0.305. The van der Waals surface area contributed by atoms with Crippen LogP contribution in [0.3, 0.4) is 0 Å². The van der Waals surface area contributed by atoms with Gasteiger partial charge in [-0.1, -0.05) is 6.92 Å². The van der Waals surface area contributed by atoms with Gasteiger partial charge in [0.2, 0.25) is 11.8 Å². The average molecular weight is 288 g/mol. The fourth-order valence-electron chi connectivity index (χ4n) is 1.63. The van der Waals surface area contributed by atoms with Gasteiger partial charge < -0.3 is 20.5 Å². The van der Waals surface area contributed by atoms with Crippen LogP contribution in [0.2, 0.25) is 0 Å². The first-order chi connectivity index (χ1) is 10.3. The van der Waals surface area contributed by atoms with Gasteiger partial charge in [0.15, 0.2) is 0 Å². The van der Waals surface area contributed by atoms with Crippen LogP contribution in [0, 0.1) is 0 Å². The fraction of sp³-hybridized carbons (Fsp3) is 0.333. The maximum Gasteiger partial charge on any atom is 0.230 e. The molecule has 0 spiro atoms. The smallest absolute Gasteiger partial charge is 0.230 e. The highest BCUT2D eigenvalue weighted by atomic mass is 16.5. The molecule has 0 atom stereocenters. The van der Waals surface area contributed by atoms with Gasteiger partial charge in [-0.05, 0) is 30.7 Å². The van der Waals surface area contributed by atoms with Gasteiger partial charge in [0.1, 0.15) is 12.4 Å². The standard InChI is InChI=1S/C15H20N4O2/c1-2-10-21-14-7-9-17-15(19-14)18-12-3-5-13(6-4-12)20-11-8-16/h3-7,9H,2,8,10-11,16H2,1H3,(H,17,18,19). The van der Waals surface area contributed by atoms with E-state index in [1.54, 1.807) is 12.3 Å². The Labute approximate surface area is 124 Å². The maximum absolute atomic E-state index is 5.47. The van der Waals surface area contributed by atoms with Crippen molar-refractivity contribution >= 4 is 11.6 Å². The van der Waals surface area contributed by atoms with E-state index in [4.69, 9.17) is 15.2 Å². The van der Waals surface area contributed by atoms with E-state index in [1.807, 2.05) is 24.3 Å². The number of aromatic nitrogens is 2. The quantitative estimate of drug-likeness (QED) is 0.776. The molecule has 0 unspecified atom stereocenters. The molecule has 21 heavy (non-hydrogen) atoms. The minimum absolute atomic E-state index is 0.498. The van der Waals surface area contributed by atoms with Crippen molar-refractivity contribution in [3.63, 3.8) is 0 Å². The van der Waals surface area contributed by atoms with Crippen LogP contribution in [-0.4, -0.2) is 29.7 Å². The molecule has 0 saturated heterocycles. The van der Waals surface area contributed by atoms with Crippen molar-refractivity contribution in [2.75, 3.05) is 25.1 Å². The van der Waals surface area contributed by atoms with Crippen molar-refractivity contribution in [3.8, 4) is 11.6 Å². The van der Waals surface area contributed by atoms with E-state index in [9.17, 15) is 0 Å². The van der Waals surface area contributed by atoms with Gasteiger partial charge in [-0.3, -0.25) is 0 Å². The molecule has 2 rings (SSSR count). The normalized spacial score (nSPS) is 10.2. The van der Waals surface area contributed by atoms with Crippen LogP contribution in [0.1, 0.15) is 13.3 Å². The molecule has 1 aromatic heterocycles. The van der Waals surface area contributed by atoms with Gasteiger partial charge in [0, 0.05) is 24.5 Å². The third-order valence-electron chi connectivity index (χ3n) is 2.58. The summed E-state index contributed by atoms with van der Waals surface area (Å²) >= 11 is 0. The number of benzene rings is 1. The van der Waals surface area contributed by atoms with Crippen molar-refractivity contribution < 1.29 is 9.47 Å². The zero-order chi connectivity index (χ0) is 14.9. The number of anilines is 2. The summed E-state index contributed by atoms with van der Waals surface area (Å²) in [4.78, 5) is 8.45. The van der Waals surface area contributed by atoms with Gasteiger partial charge in [-0.25, -0.2) is 4.98 Å². The van der Waals surface area contributed by atoms with Crippen molar-refractivity contribution in [2.45, 2.75) is 13.3 Å². The highest BCUT2D eigenvalue weighted by molar-refractivity contribution is 5.54. The predicted octanol–water partition coefficient (Wildman–Crippen LogP) is 2.35. The maximum atomic E-state index is 5.47. The Balaban J connectivity index is 1.97. The van der Waals surface area contributed by atoms with Crippen LogP contribution < -0.4 is 20.5 Å². The van der Waals surface area contributed by atoms with Gasteiger partial charge >= 0.3 is 0 Å². The second-order valence-corrected chi connectivity index (χ2v) is 4.35. The Bertz CT molecular complexity index is 546. The molecule has 0 radical (unpaired) electrons. The average Bonchev–Trinajstić information content (AvgIpc) is 2.53. The van der Waals surface area contributed by atoms with Crippen molar-refractivity contribution in [3.05, 3.63) is 36.5 Å². The molecule has 0 aliphatic heterocycles. The van der Waals surface area contributed by atoms with Gasteiger partial charge in [-0.2, -0.15) is 4.98 Å². The van der Waals surface area contributed by atoms with Crippen LogP contribution in [0.25, 0.3) is 0 Å². The third-order valence-corrected chi connectivity index (χ3v) is 2.58. The lowest BCUT2D eigenvalue weighted by Gasteiger charge is -2.08. The first kappa shape index (κ1) is 15.1. The molecule has 6 heteroatoms. The molecule has 0 bridgehead atoms. The van der Waals surface area contributed by atoms with E-state index in [1.165, 1.54) is 0 Å². The summed E-state index contributed by atoms with van der Waals surface area (Å²) in [5, 5.41) is 3.12. The topological polar surface area (TPSA) is 82.3 Å². The second-order valence-electron chi connectivity index (χ2n) is 4.35. The molecule has 1 aromatic carbocycles. The highest BCUT2D eigenvalue weighted by Crippen LogP contribution is 2.19. The second kappa shape index (κ2) is 8.06. The number of nitrogens with two attached hydrogens (primary N) is 1. The molecule has 3 N–H and O–H groups in total. The summed E-state index contributed by atoms with van der Waals surface area (Å²) in [5.74, 6) is 1.85. The van der Waals surface area contributed by atoms with E-state index in [0.717, 1.165) is 17.9 Å². The van der Waals surface area contributed by atoms with Crippen LogP contribution in [0.5, 0.6) is 11.6 Å². The van der Waals surface area contributed by atoms with Crippen LogP contribution in [-0.2, 0) is 0 Å². The van der Waals surface area contributed by atoms with E-state index in [0.29, 0.717) is 31.6 Å². The minimum atomic E-state index is 0.498. The first-order valence-corrected chi connectivity index (χ1v) is 6.97. The molecular formula is C15H20N4O2. The van der Waals surface area contributed by atoms with Gasteiger partial charge in [0.05, 0.1) is 6.61 Å². The summed E-state index contributed by atoms with van der Waals surface area (Å²) in [6, 6.07) is 9.28. The molecule has 0 fully saturated rings. The number of nitrogens with zero attached hydrogens (tertiary/aromatic N) is 2. The third kappa shape index (κ3) is 4.92. The Hall–Kier alpha value is -2.34. The molecule has 0 aliphatic carbocycles. The summed E-state index contributed by atoms with van der Waals surface area (Å²) in [6.45, 7) is 3.70. The minimum Gasteiger partial charge on any atom is -0.492 e. The Morgan fingerprint density at radius 3 is 2.62 bits per heavy atom. The first-order valence-electron chi connectivity index (χ1n) is 6.97. The molecule has 0 aliphatic rings. The number of hydrogen-bond donors (Lipinski definition) is 2. The summed E-state index contributed by atoms with van der Waals surface area (Å²) in [6.07, 6.45) is 2.61. The molecule has 112 valence electrons. The zero-order valence-electron chi connectivity index (χ0n) is 12.1. The van der Waals surface area contributed by atoms with Gasteiger partial charge in [0.25, 0.3) is 0 Å². The predicted molar refractivity (Wildman–Crippen MR) is 82.1 cm³/mol. The molecule has 1 heterocycles. The molecular weight excluding hydrogens is 268 g/mol. The van der Waals surface area contributed by atoms with Crippen molar-refractivity contribution in [1.82, 2.24) is 9.97 Å². The summed E-state index contributed by atoms with van der Waals surface area (Å²) < 4.78 is 10.9. The number of nitrogens with one attached hydrogen (secondary N) is 1. The van der Waals surface area contributed by atoms with E-state index in [2.05, 4.69) is 22.2 Å². The Morgan fingerprint density at radius 2 is 1.90 bits per heavy atom. The SMILES string of the molecule is CCCOc1ccnc(Nc2ccc(OCCN)cc2)n1. The molecule has 0 amide bonds. The Morgan fingerprint density at radius 1 is 1.10 bits per heavy atom. The van der Waals surface area contributed by atoms with Crippen LogP contribution >= 0.6 is 0 Å². The Kier molecular flexibility index (Phi) is 5.78. The zero-order valence-corrected chi connectivity index (χ0v) is 12.1. The highest BCUT2D eigenvalue weighted by Gasteiger charge is 2.01. The van der Waals surface area contributed by atoms with Crippen molar-refractivity contribution in [2.24, 2.45) is 5.73 Å². The lowest BCUT2D eigenvalue weighted by Crippen LogP contribution is -2.10. The van der Waals surface area contributed by atoms with Crippen LogP contribution in [0.4, 0.5) is 11.6 Å². The lowest BCUT2D eigenvalue weighted by atomic mass is 10.3. The fourth-order valence-corrected chi connectivity index (χ4v) is 1.63. The monoisotopic (exact) mass is 288 g/mol. The van der Waals surface area contributed by atoms with E-state index < -0.39 is 0 Å². The summed E-state index contributed by atoms with van der Waals surface area (Å²) in [5.41, 5.74) is 6.27.